The van der Waals surface area contributed by atoms with Gasteiger partial charge in [0.1, 0.15) is 5.82 Å². The number of aromatic nitrogens is 4. The number of benzene rings is 1. The molecule has 1 N–H and O–H groups in total. The van der Waals surface area contributed by atoms with Crippen LogP contribution in [0.3, 0.4) is 0 Å². The van der Waals surface area contributed by atoms with E-state index in [9.17, 15) is 4.79 Å². The van der Waals surface area contributed by atoms with Gasteiger partial charge in [-0.3, -0.25) is 10.1 Å². The number of anilines is 1. The number of carbonyl (C=O) groups excluding carboxylic acids is 1. The van der Waals surface area contributed by atoms with Crippen LogP contribution in [0.1, 0.15) is 34.9 Å². The lowest BCUT2D eigenvalue weighted by atomic mass is 10.2. The molecule has 1 saturated carbocycles. The molecule has 0 unspecified atom stereocenters. The third-order valence-corrected chi connectivity index (χ3v) is 3.91. The first kappa shape index (κ1) is 12.9. The molecule has 1 aliphatic carbocycles. The second kappa shape index (κ2) is 4.91. The lowest BCUT2D eigenvalue weighted by Crippen LogP contribution is -2.13. The number of nitrogens with one attached hydrogen (secondary N) is 1. The summed E-state index contributed by atoms with van der Waals surface area (Å²) in [7, 11) is 2.03. The Kier molecular flexibility index (Phi) is 2.89. The Morgan fingerprint density at radius 1 is 1.27 bits per heavy atom. The molecule has 0 atom stereocenters. The van der Waals surface area contributed by atoms with Gasteiger partial charge in [0.2, 0.25) is 5.95 Å². The molecule has 0 radical (unpaired) electrons. The summed E-state index contributed by atoms with van der Waals surface area (Å²) in [4.78, 5) is 24.9. The summed E-state index contributed by atoms with van der Waals surface area (Å²) in [5.41, 5.74) is 2.46. The highest BCUT2D eigenvalue weighted by Gasteiger charge is 2.28. The fourth-order valence-corrected chi connectivity index (χ4v) is 2.60. The Bertz CT molecular complexity index is 852. The summed E-state index contributed by atoms with van der Waals surface area (Å²) in [6.07, 6.45) is 5.59. The zero-order chi connectivity index (χ0) is 15.1. The molecular weight excluding hydrogens is 278 g/mol. The van der Waals surface area contributed by atoms with E-state index in [1.807, 2.05) is 19.2 Å². The summed E-state index contributed by atoms with van der Waals surface area (Å²) in [5.74, 6) is 1.75. The van der Waals surface area contributed by atoms with Gasteiger partial charge in [0, 0.05) is 30.9 Å². The summed E-state index contributed by atoms with van der Waals surface area (Å²) >= 11 is 0. The monoisotopic (exact) mass is 293 g/mol. The van der Waals surface area contributed by atoms with Crippen molar-refractivity contribution in [1.29, 1.82) is 0 Å². The molecule has 0 bridgehead atoms. The van der Waals surface area contributed by atoms with Crippen LogP contribution in [0.25, 0.3) is 11.0 Å². The Morgan fingerprint density at radius 3 is 2.77 bits per heavy atom. The fraction of sp³-hybridized carbons (Fsp3) is 0.250. The zero-order valence-corrected chi connectivity index (χ0v) is 12.2. The highest BCUT2D eigenvalue weighted by molar-refractivity contribution is 6.05. The van der Waals surface area contributed by atoms with Crippen LogP contribution in [-0.4, -0.2) is 25.4 Å². The van der Waals surface area contributed by atoms with Crippen molar-refractivity contribution >= 4 is 22.9 Å². The standard InChI is InChI=1S/C16H15N5O/c1-21-13-6-5-11(9-12(13)19-14(21)10-3-4-10)15(22)20-16-17-7-2-8-18-16/h2,5-10H,3-4H2,1H3,(H,17,18,20,22). The first-order valence-corrected chi connectivity index (χ1v) is 7.27. The maximum atomic E-state index is 12.3. The predicted octanol–water partition coefficient (Wildman–Crippen LogP) is 2.49. The highest BCUT2D eigenvalue weighted by Crippen LogP contribution is 2.40. The van der Waals surface area contributed by atoms with Crippen LogP contribution in [0, 0.1) is 0 Å². The molecule has 0 aliphatic heterocycles. The van der Waals surface area contributed by atoms with Gasteiger partial charge in [-0.15, -0.1) is 0 Å². The van der Waals surface area contributed by atoms with Crippen molar-refractivity contribution in [1.82, 2.24) is 19.5 Å². The molecule has 6 heteroatoms. The quantitative estimate of drug-likeness (QED) is 0.805. The van der Waals surface area contributed by atoms with E-state index in [1.165, 1.54) is 12.8 Å². The molecule has 1 fully saturated rings. The first-order chi connectivity index (χ1) is 10.7. The minimum Gasteiger partial charge on any atom is -0.331 e. The second-order valence-corrected chi connectivity index (χ2v) is 5.53. The van der Waals surface area contributed by atoms with Crippen molar-refractivity contribution in [3.8, 4) is 0 Å². The molecule has 3 aromatic rings. The molecule has 0 spiro atoms. The smallest absolute Gasteiger partial charge is 0.258 e. The fourth-order valence-electron chi connectivity index (χ4n) is 2.60. The van der Waals surface area contributed by atoms with Gasteiger partial charge in [0.15, 0.2) is 0 Å². The van der Waals surface area contributed by atoms with Crippen LogP contribution < -0.4 is 5.32 Å². The number of carbonyl (C=O) groups is 1. The minimum absolute atomic E-state index is 0.230. The number of aryl methyl sites for hydroxylation is 1. The number of nitrogens with zero attached hydrogens (tertiary/aromatic N) is 4. The van der Waals surface area contributed by atoms with Crippen LogP contribution in [-0.2, 0) is 7.05 Å². The van der Waals surface area contributed by atoms with Crippen LogP contribution in [0.15, 0.2) is 36.7 Å². The van der Waals surface area contributed by atoms with E-state index in [4.69, 9.17) is 0 Å². The normalized spacial score (nSPS) is 14.2. The van der Waals surface area contributed by atoms with Gasteiger partial charge in [-0.25, -0.2) is 15.0 Å². The van der Waals surface area contributed by atoms with Crippen molar-refractivity contribution < 1.29 is 4.79 Å². The lowest BCUT2D eigenvalue weighted by Gasteiger charge is -2.03. The van der Waals surface area contributed by atoms with Gasteiger partial charge in [0.05, 0.1) is 11.0 Å². The van der Waals surface area contributed by atoms with Crippen molar-refractivity contribution in [3.63, 3.8) is 0 Å². The van der Waals surface area contributed by atoms with E-state index < -0.39 is 0 Å². The van der Waals surface area contributed by atoms with Gasteiger partial charge in [0.25, 0.3) is 5.91 Å². The van der Waals surface area contributed by atoms with Crippen molar-refractivity contribution in [2.75, 3.05) is 5.32 Å². The van der Waals surface area contributed by atoms with Gasteiger partial charge in [-0.05, 0) is 37.1 Å². The average Bonchev–Trinajstić information content (AvgIpc) is 3.33. The molecule has 110 valence electrons. The highest BCUT2D eigenvalue weighted by atomic mass is 16.1. The number of fused-ring (bicyclic) bond motifs is 1. The second-order valence-electron chi connectivity index (χ2n) is 5.53. The summed E-state index contributed by atoms with van der Waals surface area (Å²) < 4.78 is 2.12. The maximum absolute atomic E-state index is 12.3. The van der Waals surface area contributed by atoms with Crippen LogP contribution in [0.2, 0.25) is 0 Å². The Morgan fingerprint density at radius 2 is 2.05 bits per heavy atom. The Balaban J connectivity index is 1.66. The molecule has 4 rings (SSSR count). The molecule has 2 aromatic heterocycles. The number of hydrogen-bond donors (Lipinski definition) is 1. The maximum Gasteiger partial charge on any atom is 0.258 e. The van der Waals surface area contributed by atoms with E-state index in [2.05, 4.69) is 24.8 Å². The molecule has 0 saturated heterocycles. The lowest BCUT2D eigenvalue weighted by molar-refractivity contribution is 0.102. The van der Waals surface area contributed by atoms with E-state index >= 15 is 0 Å². The van der Waals surface area contributed by atoms with Crippen LogP contribution in [0.5, 0.6) is 0 Å². The largest absolute Gasteiger partial charge is 0.331 e. The number of imidazole rings is 1. The SMILES string of the molecule is Cn1c(C2CC2)nc2cc(C(=O)Nc3ncccn3)ccc21. The molecular formula is C16H15N5O. The van der Waals surface area contributed by atoms with Gasteiger partial charge < -0.3 is 4.57 Å². The zero-order valence-electron chi connectivity index (χ0n) is 12.2. The molecule has 1 aliphatic rings. The molecule has 1 amide bonds. The summed E-state index contributed by atoms with van der Waals surface area (Å²) in [6, 6.07) is 7.27. The van der Waals surface area contributed by atoms with Crippen molar-refractivity contribution in [2.45, 2.75) is 18.8 Å². The van der Waals surface area contributed by atoms with Gasteiger partial charge >= 0.3 is 0 Å². The van der Waals surface area contributed by atoms with E-state index in [0.717, 1.165) is 16.9 Å². The number of rotatable bonds is 3. The van der Waals surface area contributed by atoms with E-state index in [-0.39, 0.29) is 5.91 Å². The molecule has 6 nitrogen and oxygen atoms in total. The van der Waals surface area contributed by atoms with Crippen LogP contribution >= 0.6 is 0 Å². The first-order valence-electron chi connectivity index (χ1n) is 7.27. The van der Waals surface area contributed by atoms with E-state index in [0.29, 0.717) is 17.4 Å². The molecule has 1 aromatic carbocycles. The topological polar surface area (TPSA) is 72.7 Å². The Labute approximate surface area is 127 Å². The number of amides is 1. The van der Waals surface area contributed by atoms with Gasteiger partial charge in [-0.1, -0.05) is 0 Å². The minimum atomic E-state index is -0.230. The summed E-state index contributed by atoms with van der Waals surface area (Å²) in [6.45, 7) is 0. The van der Waals surface area contributed by atoms with Crippen LogP contribution in [0.4, 0.5) is 5.95 Å². The van der Waals surface area contributed by atoms with E-state index in [1.54, 1.807) is 24.5 Å². The summed E-state index contributed by atoms with van der Waals surface area (Å²) in [5, 5.41) is 2.68. The molecule has 22 heavy (non-hydrogen) atoms. The van der Waals surface area contributed by atoms with Crippen molar-refractivity contribution in [2.24, 2.45) is 7.05 Å². The number of hydrogen-bond acceptors (Lipinski definition) is 4. The van der Waals surface area contributed by atoms with Crippen molar-refractivity contribution in [3.05, 3.63) is 48.0 Å². The molecule has 2 heterocycles. The Hall–Kier alpha value is -2.76. The average molecular weight is 293 g/mol. The third-order valence-electron chi connectivity index (χ3n) is 3.91. The third kappa shape index (κ3) is 2.22. The predicted molar refractivity (Wildman–Crippen MR) is 82.7 cm³/mol. The van der Waals surface area contributed by atoms with Gasteiger partial charge in [-0.2, -0.15) is 0 Å².